The molecular formula is C15H20FNO3S. The topological polar surface area (TPSA) is 57.6 Å². The highest BCUT2D eigenvalue weighted by Crippen LogP contribution is 2.22. The largest absolute Gasteiger partial charge is 0.480 e. The average molecular weight is 313 g/mol. The Hall–Kier alpha value is -1.56. The van der Waals surface area contributed by atoms with E-state index in [0.29, 0.717) is 12.2 Å². The van der Waals surface area contributed by atoms with Crippen molar-refractivity contribution in [3.63, 3.8) is 0 Å². The quantitative estimate of drug-likeness (QED) is 0.840. The molecule has 1 atom stereocenters. The molecule has 0 aliphatic rings. The van der Waals surface area contributed by atoms with E-state index in [0.717, 1.165) is 11.8 Å². The van der Waals surface area contributed by atoms with Crippen LogP contribution in [-0.4, -0.2) is 34.5 Å². The van der Waals surface area contributed by atoms with E-state index in [2.05, 4.69) is 0 Å². The summed E-state index contributed by atoms with van der Waals surface area (Å²) in [5.74, 6) is -1.42. The molecule has 1 rings (SSSR count). The second kappa shape index (κ2) is 8.02. The van der Waals surface area contributed by atoms with Crippen molar-refractivity contribution in [2.45, 2.75) is 26.0 Å². The Morgan fingerprint density at radius 2 is 1.86 bits per heavy atom. The Morgan fingerprint density at radius 3 is 2.29 bits per heavy atom. The Balaban J connectivity index is 2.71. The van der Waals surface area contributed by atoms with Crippen LogP contribution >= 0.6 is 11.8 Å². The lowest BCUT2D eigenvalue weighted by Crippen LogP contribution is -2.34. The number of carbonyl (C=O) groups is 2. The number of nitrogens with zero attached hydrogens (tertiary/aromatic N) is 1. The summed E-state index contributed by atoms with van der Waals surface area (Å²) in [6.07, 6.45) is 0. The number of carboxylic acid groups (broad SMARTS) is 1. The number of rotatable bonds is 7. The zero-order valence-corrected chi connectivity index (χ0v) is 13.2. The van der Waals surface area contributed by atoms with E-state index in [1.165, 1.54) is 17.0 Å². The van der Waals surface area contributed by atoms with Gasteiger partial charge in [0.1, 0.15) is 11.1 Å². The fourth-order valence-electron chi connectivity index (χ4n) is 1.91. The number of hydrogen-bond donors (Lipinski definition) is 1. The minimum Gasteiger partial charge on any atom is -0.480 e. The van der Waals surface area contributed by atoms with Gasteiger partial charge < -0.3 is 10.0 Å². The molecule has 0 bridgehead atoms. The monoisotopic (exact) mass is 313 g/mol. The molecule has 1 amide bonds. The number of carbonyl (C=O) groups excluding carboxylic acids is 1. The normalized spacial score (nSPS) is 12.2. The molecule has 0 heterocycles. The second-order valence-electron chi connectivity index (χ2n) is 4.93. The minimum atomic E-state index is -0.910. The zero-order chi connectivity index (χ0) is 16.0. The van der Waals surface area contributed by atoms with Crippen LogP contribution in [0.3, 0.4) is 0 Å². The van der Waals surface area contributed by atoms with Crippen LogP contribution in [-0.2, 0) is 9.59 Å². The zero-order valence-electron chi connectivity index (χ0n) is 12.4. The van der Waals surface area contributed by atoms with E-state index < -0.39 is 11.2 Å². The van der Waals surface area contributed by atoms with Crippen molar-refractivity contribution in [3.8, 4) is 0 Å². The molecule has 0 spiro atoms. The number of aliphatic carboxylic acids is 1. The van der Waals surface area contributed by atoms with E-state index >= 15 is 0 Å². The predicted octanol–water partition coefficient (Wildman–Crippen LogP) is 3.02. The fraction of sp³-hybridized carbons (Fsp3) is 0.467. The number of carboxylic acids is 1. The SMILES string of the molecule is CCN(C(=O)CSC(C(=O)O)C(C)C)c1ccc(F)cc1. The molecule has 6 heteroatoms. The first-order valence-electron chi connectivity index (χ1n) is 6.77. The van der Waals surface area contributed by atoms with E-state index in [9.17, 15) is 14.0 Å². The lowest BCUT2D eigenvalue weighted by Gasteiger charge is -2.22. The average Bonchev–Trinajstić information content (AvgIpc) is 2.41. The van der Waals surface area contributed by atoms with Gasteiger partial charge in [-0.05, 0) is 37.1 Å². The van der Waals surface area contributed by atoms with Gasteiger partial charge in [0.05, 0.1) is 5.75 Å². The number of halogens is 1. The number of thioether (sulfide) groups is 1. The number of hydrogen-bond acceptors (Lipinski definition) is 3. The van der Waals surface area contributed by atoms with Gasteiger partial charge >= 0.3 is 5.97 Å². The summed E-state index contributed by atoms with van der Waals surface area (Å²) >= 11 is 1.12. The van der Waals surface area contributed by atoms with Gasteiger partial charge in [0.15, 0.2) is 0 Å². The van der Waals surface area contributed by atoms with Gasteiger partial charge in [0.2, 0.25) is 5.91 Å². The van der Waals surface area contributed by atoms with Crippen molar-refractivity contribution in [2.24, 2.45) is 5.92 Å². The molecule has 0 radical (unpaired) electrons. The molecule has 4 nitrogen and oxygen atoms in total. The molecule has 21 heavy (non-hydrogen) atoms. The molecule has 0 aliphatic heterocycles. The van der Waals surface area contributed by atoms with Crippen LogP contribution in [0.2, 0.25) is 0 Å². The molecule has 0 aliphatic carbocycles. The number of amides is 1. The molecule has 0 saturated heterocycles. The number of anilines is 1. The van der Waals surface area contributed by atoms with Gasteiger partial charge in [-0.2, -0.15) is 0 Å². The van der Waals surface area contributed by atoms with Gasteiger partial charge in [0.25, 0.3) is 0 Å². The van der Waals surface area contributed by atoms with Gasteiger partial charge in [-0.3, -0.25) is 9.59 Å². The first-order chi connectivity index (χ1) is 9.86. The minimum absolute atomic E-state index is 0.0544. The van der Waals surface area contributed by atoms with E-state index in [1.54, 1.807) is 12.1 Å². The third-order valence-electron chi connectivity index (χ3n) is 2.99. The Morgan fingerprint density at radius 1 is 1.29 bits per heavy atom. The second-order valence-corrected chi connectivity index (χ2v) is 6.06. The highest BCUT2D eigenvalue weighted by Gasteiger charge is 2.24. The van der Waals surface area contributed by atoms with Crippen LogP contribution < -0.4 is 4.90 Å². The van der Waals surface area contributed by atoms with Gasteiger partial charge in [-0.1, -0.05) is 13.8 Å². The van der Waals surface area contributed by atoms with Gasteiger partial charge in [-0.15, -0.1) is 11.8 Å². The summed E-state index contributed by atoms with van der Waals surface area (Å²) in [4.78, 5) is 24.9. The molecular weight excluding hydrogens is 293 g/mol. The molecule has 0 saturated carbocycles. The van der Waals surface area contributed by atoms with Crippen LogP contribution in [0.1, 0.15) is 20.8 Å². The fourth-order valence-corrected chi connectivity index (χ4v) is 2.92. The van der Waals surface area contributed by atoms with E-state index in [4.69, 9.17) is 5.11 Å². The highest BCUT2D eigenvalue weighted by atomic mass is 32.2. The molecule has 0 fully saturated rings. The summed E-state index contributed by atoms with van der Waals surface area (Å²) in [5, 5.41) is 8.50. The van der Waals surface area contributed by atoms with Crippen molar-refractivity contribution >= 4 is 29.3 Å². The van der Waals surface area contributed by atoms with Crippen LogP contribution in [0, 0.1) is 11.7 Å². The van der Waals surface area contributed by atoms with Crippen molar-refractivity contribution in [2.75, 3.05) is 17.2 Å². The summed E-state index contributed by atoms with van der Waals surface area (Å²) in [5.41, 5.74) is 0.612. The molecule has 1 N–H and O–H groups in total. The maximum atomic E-state index is 12.9. The molecule has 0 aromatic heterocycles. The van der Waals surface area contributed by atoms with Crippen molar-refractivity contribution in [1.29, 1.82) is 0 Å². The first kappa shape index (κ1) is 17.5. The Labute approximate surface area is 128 Å². The van der Waals surface area contributed by atoms with E-state index in [-0.39, 0.29) is 23.4 Å². The molecule has 1 aromatic carbocycles. The molecule has 1 aromatic rings. The van der Waals surface area contributed by atoms with E-state index in [1.807, 2.05) is 20.8 Å². The first-order valence-corrected chi connectivity index (χ1v) is 7.82. The van der Waals surface area contributed by atoms with Crippen LogP contribution in [0.25, 0.3) is 0 Å². The van der Waals surface area contributed by atoms with Gasteiger partial charge in [-0.25, -0.2) is 4.39 Å². The lowest BCUT2D eigenvalue weighted by molar-refractivity contribution is -0.137. The Bertz CT molecular complexity index is 490. The molecule has 1 unspecified atom stereocenters. The maximum absolute atomic E-state index is 12.9. The van der Waals surface area contributed by atoms with Crippen molar-refractivity contribution in [1.82, 2.24) is 0 Å². The highest BCUT2D eigenvalue weighted by molar-refractivity contribution is 8.01. The summed E-state index contributed by atoms with van der Waals surface area (Å²) in [6, 6.07) is 5.68. The smallest absolute Gasteiger partial charge is 0.316 e. The van der Waals surface area contributed by atoms with Crippen LogP contribution in [0.15, 0.2) is 24.3 Å². The summed E-state index contributed by atoms with van der Waals surface area (Å²) in [7, 11) is 0. The third-order valence-corrected chi connectivity index (χ3v) is 4.51. The van der Waals surface area contributed by atoms with Crippen LogP contribution in [0.5, 0.6) is 0 Å². The lowest BCUT2D eigenvalue weighted by atomic mass is 10.1. The van der Waals surface area contributed by atoms with Crippen molar-refractivity contribution in [3.05, 3.63) is 30.1 Å². The number of benzene rings is 1. The summed E-state index contributed by atoms with van der Waals surface area (Å²) in [6.45, 7) is 5.90. The van der Waals surface area contributed by atoms with Gasteiger partial charge in [0, 0.05) is 12.2 Å². The maximum Gasteiger partial charge on any atom is 0.316 e. The Kier molecular flexibility index (Phi) is 6.68. The van der Waals surface area contributed by atoms with Crippen molar-refractivity contribution < 1.29 is 19.1 Å². The molecule has 116 valence electrons. The van der Waals surface area contributed by atoms with Crippen LogP contribution in [0.4, 0.5) is 10.1 Å². The summed E-state index contributed by atoms with van der Waals surface area (Å²) < 4.78 is 12.9. The third kappa shape index (κ3) is 5.04. The predicted molar refractivity (Wildman–Crippen MR) is 83.1 cm³/mol. The standard InChI is InChI=1S/C15H20FNO3S/c1-4-17(12-7-5-11(16)6-8-12)13(18)9-21-14(10(2)3)15(19)20/h5-8,10,14H,4,9H2,1-3H3,(H,19,20).